The van der Waals surface area contributed by atoms with Gasteiger partial charge in [-0.2, -0.15) is 0 Å². The molecular weight excluding hydrogens is 276 g/mol. The topological polar surface area (TPSA) is 49.4 Å². The maximum atomic E-state index is 12.2. The fourth-order valence-electron chi connectivity index (χ4n) is 2.96. The summed E-state index contributed by atoms with van der Waals surface area (Å²) in [5, 5.41) is 3.16. The van der Waals surface area contributed by atoms with E-state index in [-0.39, 0.29) is 11.7 Å². The normalized spacial score (nSPS) is 17.7. The van der Waals surface area contributed by atoms with Crippen molar-refractivity contribution in [1.82, 2.24) is 10.2 Å². The Labute approximate surface area is 132 Å². The lowest BCUT2D eigenvalue weighted by atomic mass is 10.0. The Morgan fingerprint density at radius 3 is 2.59 bits per heavy atom. The van der Waals surface area contributed by atoms with E-state index in [9.17, 15) is 9.59 Å². The summed E-state index contributed by atoms with van der Waals surface area (Å²) >= 11 is 0. The summed E-state index contributed by atoms with van der Waals surface area (Å²) in [7, 11) is 1.94. The van der Waals surface area contributed by atoms with Crippen LogP contribution in [0.5, 0.6) is 0 Å². The number of nitrogens with one attached hydrogen (secondary N) is 1. The second kappa shape index (κ2) is 8.08. The smallest absolute Gasteiger partial charge is 0.223 e. The van der Waals surface area contributed by atoms with E-state index in [1.807, 2.05) is 36.2 Å². The van der Waals surface area contributed by atoms with Gasteiger partial charge in [-0.25, -0.2) is 0 Å². The van der Waals surface area contributed by atoms with Crippen LogP contribution >= 0.6 is 0 Å². The zero-order valence-electron chi connectivity index (χ0n) is 13.6. The van der Waals surface area contributed by atoms with Crippen molar-refractivity contribution in [3.63, 3.8) is 0 Å². The molecule has 4 heteroatoms. The maximum Gasteiger partial charge on any atom is 0.223 e. The van der Waals surface area contributed by atoms with Crippen molar-refractivity contribution in [1.29, 1.82) is 0 Å². The second-order valence-electron chi connectivity index (χ2n) is 6.03. The number of hydrogen-bond donors (Lipinski definition) is 1. The van der Waals surface area contributed by atoms with E-state index in [2.05, 4.69) is 12.2 Å². The van der Waals surface area contributed by atoms with E-state index in [1.54, 1.807) is 0 Å². The van der Waals surface area contributed by atoms with Crippen LogP contribution in [0.1, 0.15) is 42.1 Å². The van der Waals surface area contributed by atoms with Crippen LogP contribution in [0.25, 0.3) is 0 Å². The molecule has 4 nitrogen and oxygen atoms in total. The van der Waals surface area contributed by atoms with Crippen LogP contribution in [0.4, 0.5) is 0 Å². The number of likely N-dealkylation sites (tertiary alicyclic amines) is 1. The molecule has 2 rings (SSSR count). The summed E-state index contributed by atoms with van der Waals surface area (Å²) in [6.07, 6.45) is 2.65. The first-order valence-corrected chi connectivity index (χ1v) is 8.18. The molecule has 0 saturated carbocycles. The number of Topliss-reactive ketones (excluding diaryl/α,β-unsaturated/α-hetero) is 1. The van der Waals surface area contributed by atoms with Gasteiger partial charge in [-0.3, -0.25) is 9.59 Å². The first-order chi connectivity index (χ1) is 10.6. The van der Waals surface area contributed by atoms with Crippen molar-refractivity contribution in [2.45, 2.75) is 32.6 Å². The van der Waals surface area contributed by atoms with Crippen molar-refractivity contribution in [3.05, 3.63) is 35.4 Å². The molecule has 1 heterocycles. The molecular formula is C18H26N2O2. The highest BCUT2D eigenvalue weighted by molar-refractivity contribution is 5.98. The lowest BCUT2D eigenvalue weighted by Gasteiger charge is -2.16. The van der Waals surface area contributed by atoms with Gasteiger partial charge in [-0.1, -0.05) is 31.2 Å². The molecule has 0 aliphatic carbocycles. The lowest BCUT2D eigenvalue weighted by Crippen LogP contribution is -2.30. The summed E-state index contributed by atoms with van der Waals surface area (Å²) in [6.45, 7) is 4.68. The highest BCUT2D eigenvalue weighted by Crippen LogP contribution is 2.17. The third-order valence-electron chi connectivity index (χ3n) is 4.38. The van der Waals surface area contributed by atoms with E-state index >= 15 is 0 Å². The molecule has 1 amide bonds. The lowest BCUT2D eigenvalue weighted by molar-refractivity contribution is -0.130. The van der Waals surface area contributed by atoms with Crippen molar-refractivity contribution >= 4 is 11.7 Å². The molecule has 0 radical (unpaired) electrons. The van der Waals surface area contributed by atoms with Gasteiger partial charge >= 0.3 is 0 Å². The molecule has 0 aromatic heterocycles. The zero-order chi connectivity index (χ0) is 15.9. The van der Waals surface area contributed by atoms with Crippen molar-refractivity contribution in [2.24, 2.45) is 5.92 Å². The Hall–Kier alpha value is -1.68. The SMILES string of the molecule is CCc1ccc(C(=O)CCC(=O)N2CCC(CNC)C2)cc1. The predicted octanol–water partition coefficient (Wildman–Crippen LogP) is 2.28. The number of rotatable bonds is 7. The molecule has 0 spiro atoms. The Morgan fingerprint density at radius 2 is 1.95 bits per heavy atom. The number of aryl methyl sites for hydroxylation is 1. The average Bonchev–Trinajstić information content (AvgIpc) is 3.01. The fraction of sp³-hybridized carbons (Fsp3) is 0.556. The highest BCUT2D eigenvalue weighted by atomic mass is 16.2. The van der Waals surface area contributed by atoms with Crippen LogP contribution in [-0.2, 0) is 11.2 Å². The minimum atomic E-state index is 0.0574. The van der Waals surface area contributed by atoms with E-state index in [4.69, 9.17) is 0 Å². The Kier molecular flexibility index (Phi) is 6.13. The third-order valence-corrected chi connectivity index (χ3v) is 4.38. The Bertz CT molecular complexity index is 510. The number of nitrogens with zero attached hydrogens (tertiary/aromatic N) is 1. The van der Waals surface area contributed by atoms with E-state index in [1.165, 1.54) is 5.56 Å². The molecule has 0 bridgehead atoms. The molecule has 1 aliphatic heterocycles. The van der Waals surface area contributed by atoms with Gasteiger partial charge in [0.1, 0.15) is 0 Å². The van der Waals surface area contributed by atoms with Gasteiger partial charge in [0.15, 0.2) is 5.78 Å². The molecule has 1 N–H and O–H groups in total. The van der Waals surface area contributed by atoms with Crippen LogP contribution in [0.15, 0.2) is 24.3 Å². The quantitative estimate of drug-likeness (QED) is 0.786. The number of ketones is 1. The van der Waals surface area contributed by atoms with Gasteiger partial charge in [-0.05, 0) is 37.9 Å². The van der Waals surface area contributed by atoms with Crippen LogP contribution < -0.4 is 5.32 Å². The largest absolute Gasteiger partial charge is 0.342 e. The van der Waals surface area contributed by atoms with Crippen LogP contribution in [0, 0.1) is 5.92 Å². The third kappa shape index (κ3) is 4.41. The summed E-state index contributed by atoms with van der Waals surface area (Å²) in [5.74, 6) is 0.713. The summed E-state index contributed by atoms with van der Waals surface area (Å²) in [4.78, 5) is 26.2. The molecule has 1 aliphatic rings. The number of carbonyl (C=O) groups excluding carboxylic acids is 2. The van der Waals surface area contributed by atoms with Gasteiger partial charge in [0.25, 0.3) is 0 Å². The van der Waals surface area contributed by atoms with E-state index < -0.39 is 0 Å². The van der Waals surface area contributed by atoms with Crippen LogP contribution in [0.2, 0.25) is 0 Å². The fourth-order valence-corrected chi connectivity index (χ4v) is 2.96. The van der Waals surface area contributed by atoms with Gasteiger partial charge in [0.05, 0.1) is 0 Å². The summed E-state index contributed by atoms with van der Waals surface area (Å²) in [5.41, 5.74) is 1.93. The maximum absolute atomic E-state index is 12.2. The van der Waals surface area contributed by atoms with Crippen molar-refractivity contribution in [2.75, 3.05) is 26.7 Å². The zero-order valence-corrected chi connectivity index (χ0v) is 13.6. The second-order valence-corrected chi connectivity index (χ2v) is 6.03. The minimum absolute atomic E-state index is 0.0574. The number of hydrogen-bond acceptors (Lipinski definition) is 3. The standard InChI is InChI=1S/C18H26N2O2/c1-3-14-4-6-16(7-5-14)17(21)8-9-18(22)20-11-10-15(13-20)12-19-2/h4-7,15,19H,3,8-13H2,1-2H3. The highest BCUT2D eigenvalue weighted by Gasteiger charge is 2.25. The number of carbonyl (C=O) groups is 2. The van der Waals surface area contributed by atoms with Crippen LogP contribution in [0.3, 0.4) is 0 Å². The van der Waals surface area contributed by atoms with Gasteiger partial charge in [0.2, 0.25) is 5.91 Å². The predicted molar refractivity (Wildman–Crippen MR) is 88.0 cm³/mol. The van der Waals surface area contributed by atoms with Crippen molar-refractivity contribution < 1.29 is 9.59 Å². The molecule has 1 aromatic carbocycles. The van der Waals surface area contributed by atoms with Crippen LogP contribution in [-0.4, -0.2) is 43.3 Å². The van der Waals surface area contributed by atoms with Crippen molar-refractivity contribution in [3.8, 4) is 0 Å². The Morgan fingerprint density at radius 1 is 1.23 bits per heavy atom. The van der Waals surface area contributed by atoms with E-state index in [0.717, 1.165) is 32.5 Å². The Balaban J connectivity index is 1.79. The summed E-state index contributed by atoms with van der Waals surface area (Å²) < 4.78 is 0. The molecule has 1 saturated heterocycles. The number of benzene rings is 1. The van der Waals surface area contributed by atoms with Gasteiger partial charge < -0.3 is 10.2 Å². The molecule has 1 unspecified atom stereocenters. The molecule has 1 fully saturated rings. The van der Waals surface area contributed by atoms with E-state index in [0.29, 0.717) is 24.3 Å². The molecule has 120 valence electrons. The van der Waals surface area contributed by atoms with Gasteiger partial charge in [0, 0.05) is 31.5 Å². The monoisotopic (exact) mass is 302 g/mol. The number of amides is 1. The summed E-state index contributed by atoms with van der Waals surface area (Å²) in [6, 6.07) is 7.70. The first kappa shape index (κ1) is 16.7. The molecule has 1 atom stereocenters. The van der Waals surface area contributed by atoms with Gasteiger partial charge in [-0.15, -0.1) is 0 Å². The molecule has 22 heavy (non-hydrogen) atoms. The minimum Gasteiger partial charge on any atom is -0.342 e. The average molecular weight is 302 g/mol. The molecule has 1 aromatic rings. The first-order valence-electron chi connectivity index (χ1n) is 8.18.